The number of rotatable bonds is 3. The second kappa shape index (κ2) is 5.28. The van der Waals surface area contributed by atoms with Gasteiger partial charge in [-0.2, -0.15) is 5.26 Å². The first-order valence-electron chi connectivity index (χ1n) is 5.79. The fraction of sp³-hybridized carbons (Fsp3) is 0.214. The minimum absolute atomic E-state index is 0.353. The van der Waals surface area contributed by atoms with Crippen molar-refractivity contribution in [3.63, 3.8) is 0 Å². The summed E-state index contributed by atoms with van der Waals surface area (Å²) in [6.07, 6.45) is 1.57. The van der Waals surface area contributed by atoms with Crippen LogP contribution in [0.1, 0.15) is 31.0 Å². The van der Waals surface area contributed by atoms with E-state index in [1.807, 2.05) is 18.2 Å². The van der Waals surface area contributed by atoms with Gasteiger partial charge in [-0.25, -0.2) is 9.97 Å². The monoisotopic (exact) mass is 238 g/mol. The van der Waals surface area contributed by atoms with Gasteiger partial charge in [-0.05, 0) is 29.7 Å². The van der Waals surface area contributed by atoms with Crippen LogP contribution in [-0.4, -0.2) is 9.97 Å². The van der Waals surface area contributed by atoms with Gasteiger partial charge in [0.2, 0.25) is 5.95 Å². The summed E-state index contributed by atoms with van der Waals surface area (Å²) in [5.41, 5.74) is 2.55. The Morgan fingerprint density at radius 3 is 2.50 bits per heavy atom. The van der Waals surface area contributed by atoms with Crippen molar-refractivity contribution >= 4 is 11.6 Å². The van der Waals surface area contributed by atoms with Crippen LogP contribution in [0.5, 0.6) is 0 Å². The second-order valence-electron chi connectivity index (χ2n) is 4.28. The third-order valence-corrected chi connectivity index (χ3v) is 2.60. The maximum atomic E-state index is 8.76. The lowest BCUT2D eigenvalue weighted by Crippen LogP contribution is -1.98. The van der Waals surface area contributed by atoms with E-state index in [1.165, 1.54) is 5.56 Å². The van der Waals surface area contributed by atoms with Crippen molar-refractivity contribution in [2.75, 3.05) is 5.32 Å². The molecule has 18 heavy (non-hydrogen) atoms. The van der Waals surface area contributed by atoms with Crippen LogP contribution < -0.4 is 5.32 Å². The first-order valence-corrected chi connectivity index (χ1v) is 5.79. The maximum Gasteiger partial charge on any atom is 0.228 e. The van der Waals surface area contributed by atoms with Crippen molar-refractivity contribution < 1.29 is 0 Å². The largest absolute Gasteiger partial charge is 0.324 e. The molecule has 0 aliphatic heterocycles. The van der Waals surface area contributed by atoms with Gasteiger partial charge < -0.3 is 5.32 Å². The zero-order chi connectivity index (χ0) is 13.0. The van der Waals surface area contributed by atoms with E-state index in [4.69, 9.17) is 5.26 Å². The van der Waals surface area contributed by atoms with Gasteiger partial charge in [-0.15, -0.1) is 0 Å². The second-order valence-corrected chi connectivity index (χ2v) is 4.28. The molecule has 0 saturated carbocycles. The van der Waals surface area contributed by atoms with E-state index in [0.29, 0.717) is 17.6 Å². The van der Waals surface area contributed by atoms with Crippen LogP contribution in [-0.2, 0) is 0 Å². The Morgan fingerprint density at radius 1 is 1.17 bits per heavy atom. The van der Waals surface area contributed by atoms with E-state index in [-0.39, 0.29) is 0 Å². The topological polar surface area (TPSA) is 61.6 Å². The van der Waals surface area contributed by atoms with Crippen LogP contribution in [0.15, 0.2) is 36.5 Å². The zero-order valence-corrected chi connectivity index (χ0v) is 10.4. The molecule has 2 rings (SSSR count). The maximum absolute atomic E-state index is 8.76. The van der Waals surface area contributed by atoms with Gasteiger partial charge in [-0.3, -0.25) is 0 Å². The Labute approximate surface area is 106 Å². The summed E-state index contributed by atoms with van der Waals surface area (Å²) in [7, 11) is 0. The minimum atomic E-state index is 0.353. The van der Waals surface area contributed by atoms with Crippen LogP contribution in [0.4, 0.5) is 11.6 Å². The predicted molar refractivity (Wildman–Crippen MR) is 70.6 cm³/mol. The molecule has 1 heterocycles. The highest BCUT2D eigenvalue weighted by atomic mass is 15.1. The first-order chi connectivity index (χ1) is 8.69. The number of hydrogen-bond donors (Lipinski definition) is 1. The molecule has 0 aliphatic rings. The molecule has 90 valence electrons. The Bertz CT molecular complexity index is 567. The Morgan fingerprint density at radius 2 is 1.89 bits per heavy atom. The van der Waals surface area contributed by atoms with Crippen molar-refractivity contribution in [3.8, 4) is 6.07 Å². The molecule has 1 aromatic carbocycles. The average Bonchev–Trinajstić information content (AvgIpc) is 2.39. The van der Waals surface area contributed by atoms with Crippen LogP contribution in [0.2, 0.25) is 0 Å². The molecule has 0 fully saturated rings. The van der Waals surface area contributed by atoms with Gasteiger partial charge in [0.1, 0.15) is 11.8 Å². The van der Waals surface area contributed by atoms with Crippen molar-refractivity contribution in [2.45, 2.75) is 19.8 Å². The molecule has 0 amide bonds. The summed E-state index contributed by atoms with van der Waals surface area (Å²) >= 11 is 0. The van der Waals surface area contributed by atoms with E-state index in [0.717, 1.165) is 5.69 Å². The molecule has 0 atom stereocenters. The van der Waals surface area contributed by atoms with E-state index in [1.54, 1.807) is 12.3 Å². The van der Waals surface area contributed by atoms with Gasteiger partial charge in [0.15, 0.2) is 0 Å². The van der Waals surface area contributed by atoms with Crippen molar-refractivity contribution in [1.29, 1.82) is 5.26 Å². The van der Waals surface area contributed by atoms with E-state index < -0.39 is 0 Å². The lowest BCUT2D eigenvalue weighted by atomic mass is 10.0. The number of nitriles is 1. The minimum Gasteiger partial charge on any atom is -0.324 e. The molecule has 2 aromatic rings. The van der Waals surface area contributed by atoms with Crippen LogP contribution in [0.25, 0.3) is 0 Å². The molecule has 0 bridgehead atoms. The number of aromatic nitrogens is 2. The summed E-state index contributed by atoms with van der Waals surface area (Å²) in [6.45, 7) is 4.31. The molecule has 0 aliphatic carbocycles. The van der Waals surface area contributed by atoms with Gasteiger partial charge >= 0.3 is 0 Å². The molecular weight excluding hydrogens is 224 g/mol. The zero-order valence-electron chi connectivity index (χ0n) is 10.4. The van der Waals surface area contributed by atoms with Crippen molar-refractivity contribution in [2.24, 2.45) is 0 Å². The molecule has 0 saturated heterocycles. The molecule has 0 radical (unpaired) electrons. The Hall–Kier alpha value is -2.41. The van der Waals surface area contributed by atoms with E-state index in [9.17, 15) is 0 Å². The fourth-order valence-corrected chi connectivity index (χ4v) is 1.56. The number of nitrogens with one attached hydrogen (secondary N) is 1. The third kappa shape index (κ3) is 2.83. The van der Waals surface area contributed by atoms with Crippen molar-refractivity contribution in [1.82, 2.24) is 9.97 Å². The fourth-order valence-electron chi connectivity index (χ4n) is 1.56. The van der Waals surface area contributed by atoms with Gasteiger partial charge in [0.25, 0.3) is 0 Å². The standard InChI is InChI=1S/C14H14N4/c1-10(2)11-3-5-12(6-4-11)17-14-16-8-7-13(9-15)18-14/h3-8,10H,1-2H3,(H,16,17,18). The number of nitrogens with zero attached hydrogens (tertiary/aromatic N) is 3. The SMILES string of the molecule is CC(C)c1ccc(Nc2nccc(C#N)n2)cc1. The van der Waals surface area contributed by atoms with Crippen LogP contribution >= 0.6 is 0 Å². The van der Waals surface area contributed by atoms with Gasteiger partial charge in [0, 0.05) is 11.9 Å². The van der Waals surface area contributed by atoms with Gasteiger partial charge in [0.05, 0.1) is 0 Å². The Kier molecular flexibility index (Phi) is 3.54. The lowest BCUT2D eigenvalue weighted by molar-refractivity contribution is 0.867. The van der Waals surface area contributed by atoms with Gasteiger partial charge in [-0.1, -0.05) is 26.0 Å². The quantitative estimate of drug-likeness (QED) is 0.891. The predicted octanol–water partition coefficient (Wildman–Crippen LogP) is 3.22. The molecule has 0 spiro atoms. The number of benzene rings is 1. The number of anilines is 2. The highest BCUT2D eigenvalue weighted by molar-refractivity contribution is 5.54. The van der Waals surface area contributed by atoms with E-state index in [2.05, 4.69) is 41.3 Å². The highest BCUT2D eigenvalue weighted by Crippen LogP contribution is 2.18. The van der Waals surface area contributed by atoms with E-state index >= 15 is 0 Å². The molecule has 1 aromatic heterocycles. The summed E-state index contributed by atoms with van der Waals surface area (Å²) in [4.78, 5) is 8.13. The molecule has 0 unspecified atom stereocenters. The average molecular weight is 238 g/mol. The summed E-state index contributed by atoms with van der Waals surface area (Å²) < 4.78 is 0. The summed E-state index contributed by atoms with van der Waals surface area (Å²) in [5.74, 6) is 0.948. The number of hydrogen-bond acceptors (Lipinski definition) is 4. The Balaban J connectivity index is 2.16. The van der Waals surface area contributed by atoms with Crippen molar-refractivity contribution in [3.05, 3.63) is 47.8 Å². The highest BCUT2D eigenvalue weighted by Gasteiger charge is 2.01. The molecule has 1 N–H and O–H groups in total. The summed E-state index contributed by atoms with van der Waals surface area (Å²) in [5, 5.41) is 11.8. The first kappa shape index (κ1) is 12.1. The molecule has 4 heteroatoms. The third-order valence-electron chi connectivity index (χ3n) is 2.60. The van der Waals surface area contributed by atoms with Crippen LogP contribution in [0, 0.1) is 11.3 Å². The summed E-state index contributed by atoms with van der Waals surface area (Å²) in [6, 6.07) is 11.7. The van der Waals surface area contributed by atoms with Crippen LogP contribution in [0.3, 0.4) is 0 Å². The lowest BCUT2D eigenvalue weighted by Gasteiger charge is -2.08. The molecular formula is C14H14N4. The molecule has 4 nitrogen and oxygen atoms in total. The smallest absolute Gasteiger partial charge is 0.228 e. The normalized spacial score (nSPS) is 10.1.